The van der Waals surface area contributed by atoms with Crippen LogP contribution in [0.4, 0.5) is 5.82 Å². The van der Waals surface area contributed by atoms with Crippen molar-refractivity contribution in [3.8, 4) is 0 Å². The van der Waals surface area contributed by atoms with E-state index in [1.165, 1.54) is 0 Å². The molecular weight excluding hydrogens is 332 g/mol. The van der Waals surface area contributed by atoms with Gasteiger partial charge in [0, 0.05) is 25.8 Å². The Bertz CT molecular complexity index is 1120. The summed E-state index contributed by atoms with van der Waals surface area (Å²) in [6.45, 7) is 2.47. The monoisotopic (exact) mass is 350 g/mol. The summed E-state index contributed by atoms with van der Waals surface area (Å²) >= 11 is 0. The molecule has 0 radical (unpaired) electrons. The molecule has 9 nitrogen and oxygen atoms in total. The Labute approximate surface area is 148 Å². The molecule has 4 aromatic heterocycles. The Morgan fingerprint density at radius 3 is 2.92 bits per heavy atom. The number of aromatic amines is 2. The van der Waals surface area contributed by atoms with Crippen molar-refractivity contribution in [3.05, 3.63) is 41.5 Å². The topological polar surface area (TPSA) is 108 Å². The summed E-state index contributed by atoms with van der Waals surface area (Å²) in [5.41, 5.74) is 3.00. The number of H-pyrrole nitrogens is 2. The minimum absolute atomic E-state index is 0.0869. The standard InChI is InChI=1S/C17H18N8O/c26-17-23-12-2-1-5-18-15(12)25(17)8-11-3-6-24(7-4-11)16-13-14(20-9-19-13)21-10-22-16/h1-2,5,9-11H,3-4,6-8H2,(H,23,26)(H,19,20,21,22). The zero-order valence-electron chi connectivity index (χ0n) is 14.1. The third-order valence-corrected chi connectivity index (χ3v) is 5.09. The lowest BCUT2D eigenvalue weighted by molar-refractivity contribution is 0.356. The largest absolute Gasteiger partial charge is 0.355 e. The summed E-state index contributed by atoms with van der Waals surface area (Å²) in [5, 5.41) is 0. The number of imidazole rings is 2. The molecule has 9 heteroatoms. The second kappa shape index (κ2) is 5.94. The predicted molar refractivity (Wildman–Crippen MR) is 97.0 cm³/mol. The number of anilines is 1. The number of pyridine rings is 1. The van der Waals surface area contributed by atoms with Gasteiger partial charge in [-0.1, -0.05) is 0 Å². The van der Waals surface area contributed by atoms with Crippen LogP contribution in [0.2, 0.25) is 0 Å². The number of nitrogens with one attached hydrogen (secondary N) is 2. The molecule has 5 rings (SSSR count). The van der Waals surface area contributed by atoms with Crippen LogP contribution in [0, 0.1) is 5.92 Å². The minimum Gasteiger partial charge on any atom is -0.355 e. The summed E-state index contributed by atoms with van der Waals surface area (Å²) in [5.74, 6) is 1.33. The van der Waals surface area contributed by atoms with Gasteiger partial charge in [0.15, 0.2) is 17.1 Å². The van der Waals surface area contributed by atoms with E-state index < -0.39 is 0 Å². The van der Waals surface area contributed by atoms with Crippen LogP contribution in [0.1, 0.15) is 12.8 Å². The van der Waals surface area contributed by atoms with Gasteiger partial charge in [-0.2, -0.15) is 0 Å². The van der Waals surface area contributed by atoms with Crippen molar-refractivity contribution in [1.82, 2.24) is 34.5 Å². The minimum atomic E-state index is -0.0869. The van der Waals surface area contributed by atoms with E-state index in [0.29, 0.717) is 18.1 Å². The molecule has 0 saturated carbocycles. The summed E-state index contributed by atoms with van der Waals surface area (Å²) in [4.78, 5) is 37.7. The van der Waals surface area contributed by atoms with Crippen molar-refractivity contribution in [1.29, 1.82) is 0 Å². The molecule has 0 aromatic carbocycles. The van der Waals surface area contributed by atoms with E-state index in [9.17, 15) is 4.79 Å². The predicted octanol–water partition coefficient (Wildman–Crippen LogP) is 1.31. The van der Waals surface area contributed by atoms with Crippen molar-refractivity contribution < 1.29 is 0 Å². The number of nitrogens with zero attached hydrogens (tertiary/aromatic N) is 6. The average Bonchev–Trinajstić information content (AvgIpc) is 3.27. The van der Waals surface area contributed by atoms with Crippen LogP contribution < -0.4 is 10.6 Å². The van der Waals surface area contributed by atoms with E-state index in [1.54, 1.807) is 23.4 Å². The Hall–Kier alpha value is -3.23. The Kier molecular flexibility index (Phi) is 3.44. The second-order valence-electron chi connectivity index (χ2n) is 6.64. The lowest BCUT2D eigenvalue weighted by Crippen LogP contribution is -2.36. The molecule has 5 heterocycles. The van der Waals surface area contributed by atoms with Crippen LogP contribution in [0.5, 0.6) is 0 Å². The highest BCUT2D eigenvalue weighted by Crippen LogP contribution is 2.26. The van der Waals surface area contributed by atoms with Crippen molar-refractivity contribution >= 4 is 28.1 Å². The number of rotatable bonds is 3. The molecule has 0 bridgehead atoms. The fourth-order valence-corrected chi connectivity index (χ4v) is 3.74. The number of piperidine rings is 1. The van der Waals surface area contributed by atoms with E-state index in [-0.39, 0.29) is 5.69 Å². The lowest BCUT2D eigenvalue weighted by Gasteiger charge is -2.32. The molecule has 0 aliphatic carbocycles. The molecule has 0 unspecified atom stereocenters. The van der Waals surface area contributed by atoms with Crippen LogP contribution in [-0.4, -0.2) is 47.6 Å². The molecule has 0 spiro atoms. The number of hydrogen-bond donors (Lipinski definition) is 2. The van der Waals surface area contributed by atoms with E-state index in [2.05, 4.69) is 34.8 Å². The van der Waals surface area contributed by atoms with Gasteiger partial charge < -0.3 is 14.9 Å². The van der Waals surface area contributed by atoms with Crippen LogP contribution in [0.25, 0.3) is 22.3 Å². The Morgan fingerprint density at radius 2 is 2.04 bits per heavy atom. The fraction of sp³-hybridized carbons (Fsp3) is 0.353. The maximum absolute atomic E-state index is 12.2. The van der Waals surface area contributed by atoms with Crippen LogP contribution in [0.3, 0.4) is 0 Å². The molecule has 1 aliphatic heterocycles. The third kappa shape index (κ3) is 2.43. The first kappa shape index (κ1) is 15.1. The fourth-order valence-electron chi connectivity index (χ4n) is 3.74. The highest BCUT2D eigenvalue weighted by atomic mass is 16.1. The second-order valence-corrected chi connectivity index (χ2v) is 6.64. The smallest absolute Gasteiger partial charge is 0.327 e. The number of fused-ring (bicyclic) bond motifs is 2. The number of hydrogen-bond acceptors (Lipinski definition) is 6. The lowest BCUT2D eigenvalue weighted by atomic mass is 9.96. The molecule has 2 N–H and O–H groups in total. The van der Waals surface area contributed by atoms with Gasteiger partial charge in [-0.25, -0.2) is 24.7 Å². The molecule has 26 heavy (non-hydrogen) atoms. The molecule has 1 aliphatic rings. The highest BCUT2D eigenvalue weighted by Gasteiger charge is 2.23. The summed E-state index contributed by atoms with van der Waals surface area (Å²) in [6.07, 6.45) is 6.91. The van der Waals surface area contributed by atoms with Gasteiger partial charge in [0.1, 0.15) is 11.8 Å². The zero-order valence-corrected chi connectivity index (χ0v) is 14.1. The summed E-state index contributed by atoms with van der Waals surface area (Å²) < 4.78 is 1.76. The van der Waals surface area contributed by atoms with Crippen molar-refractivity contribution in [2.24, 2.45) is 5.92 Å². The first-order chi connectivity index (χ1) is 12.8. The van der Waals surface area contributed by atoms with Gasteiger partial charge in [0.25, 0.3) is 0 Å². The van der Waals surface area contributed by atoms with E-state index in [4.69, 9.17) is 0 Å². The first-order valence-corrected chi connectivity index (χ1v) is 8.72. The SMILES string of the molecule is O=c1[nH]c2cccnc2n1CC1CCN(c2ncnc3nc[nH]c23)CC1. The Balaban J connectivity index is 1.34. The van der Waals surface area contributed by atoms with Gasteiger partial charge >= 0.3 is 5.69 Å². The quantitative estimate of drug-likeness (QED) is 0.577. The molecule has 132 valence electrons. The van der Waals surface area contributed by atoms with Gasteiger partial charge in [-0.05, 0) is 30.9 Å². The normalized spacial score (nSPS) is 15.9. The van der Waals surface area contributed by atoms with Gasteiger partial charge in [0.05, 0.1) is 11.8 Å². The third-order valence-electron chi connectivity index (χ3n) is 5.09. The van der Waals surface area contributed by atoms with Crippen molar-refractivity contribution in [2.45, 2.75) is 19.4 Å². The maximum Gasteiger partial charge on any atom is 0.327 e. The van der Waals surface area contributed by atoms with Gasteiger partial charge in [0.2, 0.25) is 0 Å². The summed E-state index contributed by atoms with van der Waals surface area (Å²) in [6, 6.07) is 3.71. The maximum atomic E-state index is 12.2. The van der Waals surface area contributed by atoms with E-state index in [1.807, 2.05) is 12.1 Å². The molecule has 1 saturated heterocycles. The van der Waals surface area contributed by atoms with Crippen LogP contribution in [-0.2, 0) is 6.54 Å². The van der Waals surface area contributed by atoms with E-state index in [0.717, 1.165) is 48.4 Å². The highest BCUT2D eigenvalue weighted by molar-refractivity contribution is 5.82. The first-order valence-electron chi connectivity index (χ1n) is 8.72. The van der Waals surface area contributed by atoms with Gasteiger partial charge in [-0.3, -0.25) is 4.57 Å². The average molecular weight is 350 g/mol. The number of aromatic nitrogens is 7. The molecular formula is C17H18N8O. The van der Waals surface area contributed by atoms with Crippen LogP contribution >= 0.6 is 0 Å². The van der Waals surface area contributed by atoms with E-state index >= 15 is 0 Å². The molecule has 0 amide bonds. The van der Waals surface area contributed by atoms with Crippen molar-refractivity contribution in [2.75, 3.05) is 18.0 Å². The molecule has 4 aromatic rings. The summed E-state index contributed by atoms with van der Waals surface area (Å²) in [7, 11) is 0. The molecule has 0 atom stereocenters. The zero-order chi connectivity index (χ0) is 17.5. The van der Waals surface area contributed by atoms with Gasteiger partial charge in [-0.15, -0.1) is 0 Å². The Morgan fingerprint density at radius 1 is 1.15 bits per heavy atom. The van der Waals surface area contributed by atoms with Crippen molar-refractivity contribution in [3.63, 3.8) is 0 Å². The molecule has 1 fully saturated rings. The van der Waals surface area contributed by atoms with Crippen LogP contribution in [0.15, 0.2) is 35.8 Å².